The summed E-state index contributed by atoms with van der Waals surface area (Å²) in [6, 6.07) is 12.0. The zero-order valence-electron chi connectivity index (χ0n) is 19.6. The monoisotopic (exact) mass is 469 g/mol. The second-order valence-corrected chi connectivity index (χ2v) is 7.19. The van der Waals surface area contributed by atoms with Crippen LogP contribution in [0, 0.1) is 18.6 Å². The fourth-order valence-corrected chi connectivity index (χ4v) is 3.21. The summed E-state index contributed by atoms with van der Waals surface area (Å²) in [5.41, 5.74) is 3.06. The smallest absolute Gasteiger partial charge is 0.200 e. The van der Waals surface area contributed by atoms with Crippen molar-refractivity contribution in [3.05, 3.63) is 71.6 Å². The van der Waals surface area contributed by atoms with Crippen LogP contribution in [-0.2, 0) is 0 Å². The molecule has 0 N–H and O–H groups in total. The van der Waals surface area contributed by atoms with E-state index in [4.69, 9.17) is 9.47 Å². The Morgan fingerprint density at radius 2 is 1.59 bits per heavy atom. The molecular formula is C25H25F2N3O4. The number of carbonyl (C=O) groups is 1. The first-order valence-corrected chi connectivity index (χ1v) is 10.4. The molecule has 0 saturated carbocycles. The maximum Gasteiger partial charge on any atom is 0.200 e. The van der Waals surface area contributed by atoms with E-state index in [9.17, 15) is 13.6 Å². The average Bonchev–Trinajstić information content (AvgIpc) is 3.31. The third-order valence-electron chi connectivity index (χ3n) is 5.10. The van der Waals surface area contributed by atoms with Gasteiger partial charge in [0.1, 0.15) is 5.69 Å². The van der Waals surface area contributed by atoms with Crippen LogP contribution in [0.25, 0.3) is 16.9 Å². The van der Waals surface area contributed by atoms with Gasteiger partial charge in [-0.25, -0.2) is 13.9 Å². The van der Waals surface area contributed by atoms with Crippen molar-refractivity contribution in [2.45, 2.75) is 20.3 Å². The number of Topliss-reactive ketones (excluding diaryl/α,β-unsaturated/α-hetero) is 1. The normalized spacial score (nSPS) is 10.4. The molecule has 0 aliphatic heterocycles. The zero-order valence-corrected chi connectivity index (χ0v) is 19.6. The van der Waals surface area contributed by atoms with E-state index >= 15 is 0 Å². The van der Waals surface area contributed by atoms with Gasteiger partial charge in [-0.3, -0.25) is 4.79 Å². The largest absolute Gasteiger partial charge is 0.494 e. The fraction of sp³-hybridized carbons (Fsp3) is 0.240. The van der Waals surface area contributed by atoms with Gasteiger partial charge in [0.25, 0.3) is 0 Å². The Hall–Kier alpha value is -4.01. The van der Waals surface area contributed by atoms with Crippen LogP contribution in [0.2, 0.25) is 0 Å². The minimum Gasteiger partial charge on any atom is -0.494 e. The summed E-state index contributed by atoms with van der Waals surface area (Å²) in [4.78, 5) is 16.1. The van der Waals surface area contributed by atoms with Gasteiger partial charge in [-0.15, -0.1) is 0 Å². The lowest BCUT2D eigenvalue weighted by atomic mass is 10.1. The van der Waals surface area contributed by atoms with Crippen LogP contribution in [0.3, 0.4) is 0 Å². The molecule has 0 saturated heterocycles. The molecule has 7 nitrogen and oxygen atoms in total. The van der Waals surface area contributed by atoms with E-state index in [2.05, 4.69) is 14.8 Å². The molecule has 178 valence electrons. The topological polar surface area (TPSA) is 75.0 Å². The van der Waals surface area contributed by atoms with E-state index in [1.165, 1.54) is 26.2 Å². The number of benzene rings is 2. The lowest BCUT2D eigenvalue weighted by Crippen LogP contribution is -2.00. The third-order valence-corrected chi connectivity index (χ3v) is 5.10. The van der Waals surface area contributed by atoms with Crippen molar-refractivity contribution < 1.29 is 27.8 Å². The number of nitrogens with zero attached hydrogens (tertiary/aromatic N) is 3. The predicted octanol–water partition coefficient (Wildman–Crippen LogP) is 5.29. The van der Waals surface area contributed by atoms with Crippen molar-refractivity contribution in [3.8, 4) is 28.5 Å². The minimum atomic E-state index is -0.924. The van der Waals surface area contributed by atoms with E-state index in [1.54, 1.807) is 31.0 Å². The standard InChI is InChI=1S/C17H17N3O3.C8H8F2O/c1-4-14(21)12-10-17-18-8-7-13(20(17)19-12)11-5-6-15(22-2)16(9-11)23-3;1-5-3-4-6(11-2)8(10)7(5)9/h5-10H,4H2,1-3H3;3-4H,1-2H3. The first-order valence-electron chi connectivity index (χ1n) is 10.4. The van der Waals surface area contributed by atoms with E-state index in [-0.39, 0.29) is 17.1 Å². The summed E-state index contributed by atoms with van der Waals surface area (Å²) in [6.07, 6.45) is 2.11. The van der Waals surface area contributed by atoms with Gasteiger partial charge in [-0.1, -0.05) is 13.0 Å². The second-order valence-electron chi connectivity index (χ2n) is 7.19. The molecule has 2 heterocycles. The molecule has 0 atom stereocenters. The van der Waals surface area contributed by atoms with Crippen LogP contribution >= 0.6 is 0 Å². The Labute approximate surface area is 195 Å². The van der Waals surface area contributed by atoms with E-state index in [0.29, 0.717) is 29.3 Å². The number of hydrogen-bond acceptors (Lipinski definition) is 6. The summed E-state index contributed by atoms with van der Waals surface area (Å²) in [6.45, 7) is 3.31. The second kappa shape index (κ2) is 10.7. The predicted molar refractivity (Wildman–Crippen MR) is 124 cm³/mol. The number of aromatic nitrogens is 3. The molecule has 0 unspecified atom stereocenters. The molecule has 0 spiro atoms. The Bertz CT molecular complexity index is 1320. The van der Waals surface area contributed by atoms with Gasteiger partial charge in [0, 0.05) is 24.2 Å². The Kier molecular flexibility index (Phi) is 7.78. The van der Waals surface area contributed by atoms with Gasteiger partial charge in [0.2, 0.25) is 5.82 Å². The van der Waals surface area contributed by atoms with Crippen molar-refractivity contribution in [3.63, 3.8) is 0 Å². The summed E-state index contributed by atoms with van der Waals surface area (Å²) < 4.78 is 42.3. The number of hydrogen-bond donors (Lipinski definition) is 0. The van der Waals surface area contributed by atoms with Gasteiger partial charge < -0.3 is 14.2 Å². The molecule has 4 aromatic rings. The molecule has 0 radical (unpaired) electrons. The molecule has 2 aromatic heterocycles. The number of aryl methyl sites for hydroxylation is 1. The van der Waals surface area contributed by atoms with Crippen LogP contribution in [0.15, 0.2) is 48.7 Å². The average molecular weight is 469 g/mol. The number of ether oxygens (including phenoxy) is 3. The van der Waals surface area contributed by atoms with Crippen molar-refractivity contribution in [1.29, 1.82) is 0 Å². The Morgan fingerprint density at radius 3 is 2.24 bits per heavy atom. The highest BCUT2D eigenvalue weighted by atomic mass is 19.2. The van der Waals surface area contributed by atoms with E-state index in [1.807, 2.05) is 31.2 Å². The number of halogens is 2. The van der Waals surface area contributed by atoms with Crippen LogP contribution in [0.1, 0.15) is 29.4 Å². The molecule has 0 fully saturated rings. The van der Waals surface area contributed by atoms with Crippen molar-refractivity contribution in [2.75, 3.05) is 21.3 Å². The van der Waals surface area contributed by atoms with Crippen molar-refractivity contribution in [2.24, 2.45) is 0 Å². The van der Waals surface area contributed by atoms with Crippen LogP contribution < -0.4 is 14.2 Å². The van der Waals surface area contributed by atoms with Crippen molar-refractivity contribution >= 4 is 11.4 Å². The summed E-state index contributed by atoms with van der Waals surface area (Å²) in [7, 11) is 4.49. The van der Waals surface area contributed by atoms with E-state index in [0.717, 1.165) is 11.3 Å². The molecule has 0 amide bonds. The van der Waals surface area contributed by atoms with Gasteiger partial charge >= 0.3 is 0 Å². The summed E-state index contributed by atoms with van der Waals surface area (Å²) >= 11 is 0. The van der Waals surface area contributed by atoms with Gasteiger partial charge in [0.05, 0.1) is 27.0 Å². The fourth-order valence-electron chi connectivity index (χ4n) is 3.21. The maximum atomic E-state index is 12.8. The molecule has 34 heavy (non-hydrogen) atoms. The summed E-state index contributed by atoms with van der Waals surface area (Å²) in [5, 5.41) is 4.39. The Morgan fingerprint density at radius 1 is 0.912 bits per heavy atom. The quantitative estimate of drug-likeness (QED) is 0.357. The number of methoxy groups -OCH3 is 3. The number of carbonyl (C=O) groups excluding carboxylic acids is 1. The SMILES string of the molecule is CCC(=O)c1cc2nccc(-c3ccc(OC)c(OC)c3)n2n1.COc1ccc(C)c(F)c1F. The molecule has 4 rings (SSSR count). The maximum absolute atomic E-state index is 12.8. The highest BCUT2D eigenvalue weighted by Gasteiger charge is 2.14. The molecule has 9 heteroatoms. The van der Waals surface area contributed by atoms with Crippen LogP contribution in [0.4, 0.5) is 8.78 Å². The highest BCUT2D eigenvalue weighted by molar-refractivity contribution is 5.95. The van der Waals surface area contributed by atoms with Gasteiger partial charge in [-0.2, -0.15) is 9.49 Å². The Balaban J connectivity index is 0.000000248. The minimum absolute atomic E-state index is 0.00578. The van der Waals surface area contributed by atoms with Gasteiger partial charge in [0.15, 0.2) is 34.5 Å². The molecule has 2 aromatic carbocycles. The lowest BCUT2D eigenvalue weighted by Gasteiger charge is -2.10. The first kappa shape index (κ1) is 24.6. The van der Waals surface area contributed by atoms with E-state index < -0.39 is 11.6 Å². The number of ketones is 1. The molecule has 0 aliphatic carbocycles. The highest BCUT2D eigenvalue weighted by Crippen LogP contribution is 2.32. The number of rotatable bonds is 6. The molecule has 0 aliphatic rings. The third kappa shape index (κ3) is 4.98. The first-order chi connectivity index (χ1) is 16.3. The number of fused-ring (bicyclic) bond motifs is 1. The van der Waals surface area contributed by atoms with Crippen molar-refractivity contribution in [1.82, 2.24) is 14.6 Å². The molecule has 0 bridgehead atoms. The lowest BCUT2D eigenvalue weighted by molar-refractivity contribution is 0.0983. The molecular weight excluding hydrogens is 444 g/mol. The van der Waals surface area contributed by atoms with Crippen LogP contribution in [-0.4, -0.2) is 41.7 Å². The zero-order chi connectivity index (χ0) is 24.8. The van der Waals surface area contributed by atoms with Gasteiger partial charge in [-0.05, 0) is 42.8 Å². The van der Waals surface area contributed by atoms with Crippen LogP contribution in [0.5, 0.6) is 17.2 Å². The summed E-state index contributed by atoms with van der Waals surface area (Å²) in [5.74, 6) is -0.547.